The fourth-order valence-corrected chi connectivity index (χ4v) is 2.26. The van der Waals surface area contributed by atoms with Crippen molar-refractivity contribution in [3.8, 4) is 0 Å². The van der Waals surface area contributed by atoms with Crippen LogP contribution in [0.4, 0.5) is 4.79 Å². The molecule has 1 aromatic carbocycles. The lowest BCUT2D eigenvalue weighted by atomic mass is 10.1. The fraction of sp³-hybridized carbons (Fsp3) is 0.500. The lowest BCUT2D eigenvalue weighted by molar-refractivity contribution is 0.0383. The van der Waals surface area contributed by atoms with Gasteiger partial charge in [-0.2, -0.15) is 0 Å². The van der Waals surface area contributed by atoms with Gasteiger partial charge in [0.2, 0.25) is 11.8 Å². The third-order valence-electron chi connectivity index (χ3n) is 3.46. The molecule has 0 saturated carbocycles. The number of hydrogen-bond donors (Lipinski definition) is 2. The Bertz CT molecular complexity index is 679. The summed E-state index contributed by atoms with van der Waals surface area (Å²) in [5.74, 6) is 0.487. The van der Waals surface area contributed by atoms with Gasteiger partial charge in [0.05, 0.1) is 12.5 Å². The Labute approximate surface area is 147 Å². The second-order valence-corrected chi connectivity index (χ2v) is 6.80. The summed E-state index contributed by atoms with van der Waals surface area (Å²) in [6.07, 6.45) is -0.731. The zero-order chi connectivity index (χ0) is 18.4. The summed E-state index contributed by atoms with van der Waals surface area (Å²) in [4.78, 5) is 11.9. The molecule has 0 aliphatic rings. The minimum atomic E-state index is -1.10. The molecule has 1 aromatic heterocycles. The minimum absolute atomic E-state index is 0.0776. The standard InChI is InChI=1S/C18H25N3O4/c1-5-13(19-17(23)25-18(2,3)4)15(22)16-21-20-14(24-16)11-12-9-7-6-8-10-12/h6-10,13,15,22H,5,11H2,1-4H3,(H,19,23). The van der Waals surface area contributed by atoms with Gasteiger partial charge >= 0.3 is 6.09 Å². The van der Waals surface area contributed by atoms with Gasteiger partial charge in [-0.05, 0) is 32.8 Å². The molecule has 2 aromatic rings. The van der Waals surface area contributed by atoms with Crippen molar-refractivity contribution in [1.29, 1.82) is 0 Å². The number of rotatable bonds is 6. The van der Waals surface area contributed by atoms with Crippen molar-refractivity contribution in [2.75, 3.05) is 0 Å². The lowest BCUT2D eigenvalue weighted by Gasteiger charge is -2.24. The molecule has 2 N–H and O–H groups in total. The van der Waals surface area contributed by atoms with E-state index >= 15 is 0 Å². The number of hydrogen-bond acceptors (Lipinski definition) is 6. The largest absolute Gasteiger partial charge is 0.444 e. The van der Waals surface area contributed by atoms with Crippen molar-refractivity contribution in [2.45, 2.75) is 58.3 Å². The Morgan fingerprint density at radius 3 is 2.56 bits per heavy atom. The van der Waals surface area contributed by atoms with Gasteiger partial charge in [-0.3, -0.25) is 0 Å². The van der Waals surface area contributed by atoms with Gasteiger partial charge in [0.1, 0.15) is 5.60 Å². The molecule has 2 atom stereocenters. The second-order valence-electron chi connectivity index (χ2n) is 6.80. The SMILES string of the molecule is CCC(NC(=O)OC(C)(C)C)C(O)c1nnc(Cc2ccccc2)o1. The Hall–Kier alpha value is -2.41. The van der Waals surface area contributed by atoms with Crippen LogP contribution < -0.4 is 5.32 Å². The van der Waals surface area contributed by atoms with Crippen LogP contribution in [0.15, 0.2) is 34.7 Å². The highest BCUT2D eigenvalue weighted by atomic mass is 16.6. The fourth-order valence-electron chi connectivity index (χ4n) is 2.26. The van der Waals surface area contributed by atoms with E-state index in [1.807, 2.05) is 37.3 Å². The molecular formula is C18H25N3O4. The summed E-state index contributed by atoms with van der Waals surface area (Å²) < 4.78 is 10.8. The highest BCUT2D eigenvalue weighted by Gasteiger charge is 2.28. The maximum atomic E-state index is 11.9. The topological polar surface area (TPSA) is 97.5 Å². The molecule has 0 spiro atoms. The van der Waals surface area contributed by atoms with Crippen molar-refractivity contribution in [3.63, 3.8) is 0 Å². The molecule has 0 bridgehead atoms. The predicted molar refractivity (Wildman–Crippen MR) is 92.0 cm³/mol. The number of carbonyl (C=O) groups is 1. The summed E-state index contributed by atoms with van der Waals surface area (Å²) >= 11 is 0. The first-order valence-electron chi connectivity index (χ1n) is 8.32. The molecule has 7 nitrogen and oxygen atoms in total. The predicted octanol–water partition coefficient (Wildman–Crippen LogP) is 3.00. The van der Waals surface area contributed by atoms with E-state index in [1.54, 1.807) is 20.8 Å². The number of nitrogens with one attached hydrogen (secondary N) is 1. The minimum Gasteiger partial charge on any atom is -0.444 e. The maximum Gasteiger partial charge on any atom is 0.407 e. The first-order valence-corrected chi connectivity index (χ1v) is 8.32. The number of ether oxygens (including phenoxy) is 1. The molecule has 0 radical (unpaired) electrons. The number of aliphatic hydroxyl groups is 1. The number of carbonyl (C=O) groups excluding carboxylic acids is 1. The van der Waals surface area contributed by atoms with Crippen LogP contribution in [0.5, 0.6) is 0 Å². The Morgan fingerprint density at radius 2 is 1.96 bits per heavy atom. The Kier molecular flexibility index (Phi) is 6.14. The quantitative estimate of drug-likeness (QED) is 0.834. The molecule has 1 heterocycles. The summed E-state index contributed by atoms with van der Waals surface area (Å²) in [6, 6.07) is 9.12. The van der Waals surface area contributed by atoms with Gasteiger partial charge in [-0.25, -0.2) is 4.79 Å². The zero-order valence-corrected chi connectivity index (χ0v) is 15.0. The van der Waals surface area contributed by atoms with E-state index in [0.29, 0.717) is 18.7 Å². The normalized spacial score (nSPS) is 14.0. The molecule has 0 saturated heterocycles. The number of aromatic nitrogens is 2. The van der Waals surface area contributed by atoms with E-state index in [0.717, 1.165) is 5.56 Å². The van der Waals surface area contributed by atoms with Gasteiger partial charge in [-0.1, -0.05) is 37.3 Å². The van der Waals surface area contributed by atoms with Gasteiger partial charge in [-0.15, -0.1) is 10.2 Å². The molecular weight excluding hydrogens is 322 g/mol. The Morgan fingerprint density at radius 1 is 1.28 bits per heavy atom. The molecule has 2 unspecified atom stereocenters. The summed E-state index contributed by atoms with van der Waals surface area (Å²) in [5.41, 5.74) is 0.423. The molecule has 0 aliphatic heterocycles. The van der Waals surface area contributed by atoms with Gasteiger partial charge in [0.15, 0.2) is 6.10 Å². The van der Waals surface area contributed by atoms with E-state index in [2.05, 4.69) is 15.5 Å². The van der Waals surface area contributed by atoms with Crippen molar-refractivity contribution in [2.24, 2.45) is 0 Å². The van der Waals surface area contributed by atoms with Crippen molar-refractivity contribution in [1.82, 2.24) is 15.5 Å². The van der Waals surface area contributed by atoms with Crippen LogP contribution in [0.1, 0.15) is 57.6 Å². The van der Waals surface area contributed by atoms with Crippen LogP contribution in [0.2, 0.25) is 0 Å². The summed E-state index contributed by atoms with van der Waals surface area (Å²) in [7, 11) is 0. The van der Waals surface area contributed by atoms with Crippen LogP contribution in [-0.4, -0.2) is 33.0 Å². The summed E-state index contributed by atoms with van der Waals surface area (Å²) in [6.45, 7) is 7.17. The van der Waals surface area contributed by atoms with Crippen LogP contribution in [0.3, 0.4) is 0 Å². The third-order valence-corrected chi connectivity index (χ3v) is 3.46. The van der Waals surface area contributed by atoms with Crippen LogP contribution in [0, 0.1) is 0 Å². The van der Waals surface area contributed by atoms with E-state index in [1.165, 1.54) is 0 Å². The smallest absolute Gasteiger partial charge is 0.407 e. The zero-order valence-electron chi connectivity index (χ0n) is 15.0. The molecule has 0 fully saturated rings. The third kappa shape index (κ3) is 5.86. The van der Waals surface area contributed by atoms with Gasteiger partial charge in [0, 0.05) is 0 Å². The lowest BCUT2D eigenvalue weighted by Crippen LogP contribution is -2.42. The summed E-state index contributed by atoms with van der Waals surface area (Å²) in [5, 5.41) is 21.0. The van der Waals surface area contributed by atoms with E-state index in [-0.39, 0.29) is 5.89 Å². The molecule has 25 heavy (non-hydrogen) atoms. The van der Waals surface area contributed by atoms with Gasteiger partial charge < -0.3 is 19.6 Å². The molecule has 0 aliphatic carbocycles. The highest BCUT2D eigenvalue weighted by molar-refractivity contribution is 5.68. The molecule has 7 heteroatoms. The molecule has 1 amide bonds. The van der Waals surface area contributed by atoms with Crippen LogP contribution in [0.25, 0.3) is 0 Å². The van der Waals surface area contributed by atoms with Crippen molar-refractivity contribution in [3.05, 3.63) is 47.7 Å². The number of nitrogens with zero attached hydrogens (tertiary/aromatic N) is 2. The highest BCUT2D eigenvalue weighted by Crippen LogP contribution is 2.19. The van der Waals surface area contributed by atoms with Crippen LogP contribution >= 0.6 is 0 Å². The molecule has 2 rings (SSSR count). The number of alkyl carbamates (subject to hydrolysis) is 1. The van der Waals surface area contributed by atoms with Crippen molar-refractivity contribution >= 4 is 6.09 Å². The average molecular weight is 347 g/mol. The molecule has 136 valence electrons. The number of amides is 1. The first-order chi connectivity index (χ1) is 11.8. The average Bonchev–Trinajstić information content (AvgIpc) is 2.99. The van der Waals surface area contributed by atoms with E-state index in [4.69, 9.17) is 9.15 Å². The van der Waals surface area contributed by atoms with Crippen molar-refractivity contribution < 1.29 is 19.1 Å². The van der Waals surface area contributed by atoms with E-state index < -0.39 is 23.8 Å². The second kappa shape index (κ2) is 8.11. The van der Waals surface area contributed by atoms with Crippen LogP contribution in [-0.2, 0) is 11.2 Å². The first kappa shape index (κ1) is 18.9. The Balaban J connectivity index is 2.00. The monoisotopic (exact) mass is 347 g/mol. The number of aliphatic hydroxyl groups excluding tert-OH is 1. The number of benzene rings is 1. The maximum absolute atomic E-state index is 11.9. The van der Waals surface area contributed by atoms with E-state index in [9.17, 15) is 9.90 Å². The van der Waals surface area contributed by atoms with Gasteiger partial charge in [0.25, 0.3) is 0 Å².